The minimum Gasteiger partial charge on any atom is -0.488 e. The van der Waals surface area contributed by atoms with Crippen LogP contribution in [-0.2, 0) is 13.2 Å². The maximum atomic E-state index is 5.92. The third kappa shape index (κ3) is 4.87. The lowest BCUT2D eigenvalue weighted by molar-refractivity contribution is 0.303. The molecule has 0 fully saturated rings. The first-order valence-corrected chi connectivity index (χ1v) is 8.16. The maximum Gasteiger partial charge on any atom is 0.134 e. The number of ether oxygens (including phenoxy) is 1. The zero-order chi connectivity index (χ0) is 15.1. The van der Waals surface area contributed by atoms with E-state index < -0.39 is 0 Å². The van der Waals surface area contributed by atoms with E-state index in [9.17, 15) is 0 Å². The van der Waals surface area contributed by atoms with Crippen LogP contribution in [0.2, 0.25) is 0 Å². The molecule has 0 aliphatic carbocycles. The predicted molar refractivity (Wildman–Crippen MR) is 91.7 cm³/mol. The average Bonchev–Trinajstić information content (AvgIpc) is 2.48. The first kappa shape index (κ1) is 16.1. The molecule has 3 heteroatoms. The number of nitrogens with one attached hydrogen (secondary N) is 1. The van der Waals surface area contributed by atoms with Crippen LogP contribution < -0.4 is 10.1 Å². The van der Waals surface area contributed by atoms with Gasteiger partial charge >= 0.3 is 0 Å². The highest BCUT2D eigenvalue weighted by Crippen LogP contribution is 2.27. The fourth-order valence-corrected chi connectivity index (χ4v) is 2.65. The van der Waals surface area contributed by atoms with Crippen molar-refractivity contribution in [1.82, 2.24) is 5.32 Å². The molecule has 0 heterocycles. The van der Waals surface area contributed by atoms with E-state index in [1.54, 1.807) is 0 Å². The second-order valence-electron chi connectivity index (χ2n) is 5.16. The number of rotatable bonds is 7. The first-order valence-electron chi connectivity index (χ1n) is 7.37. The van der Waals surface area contributed by atoms with Crippen LogP contribution in [0.15, 0.2) is 46.9 Å². The van der Waals surface area contributed by atoms with Crippen molar-refractivity contribution in [2.75, 3.05) is 6.54 Å². The smallest absolute Gasteiger partial charge is 0.134 e. The fourth-order valence-electron chi connectivity index (χ4n) is 2.11. The monoisotopic (exact) mass is 347 g/mol. The first-order chi connectivity index (χ1) is 10.2. The quantitative estimate of drug-likeness (QED) is 0.723. The van der Waals surface area contributed by atoms with Crippen LogP contribution in [0.4, 0.5) is 0 Å². The van der Waals surface area contributed by atoms with Crippen LogP contribution in [0.25, 0.3) is 0 Å². The van der Waals surface area contributed by atoms with Gasteiger partial charge < -0.3 is 10.1 Å². The molecule has 0 unspecified atom stereocenters. The Labute approximate surface area is 135 Å². The fraction of sp³-hybridized carbons (Fsp3) is 0.333. The minimum atomic E-state index is 0.596. The van der Waals surface area contributed by atoms with Gasteiger partial charge in [-0.1, -0.05) is 37.3 Å². The van der Waals surface area contributed by atoms with E-state index in [0.29, 0.717) is 6.61 Å². The highest BCUT2D eigenvalue weighted by Gasteiger charge is 2.04. The van der Waals surface area contributed by atoms with Gasteiger partial charge in [0.15, 0.2) is 0 Å². The molecule has 0 spiro atoms. The summed E-state index contributed by atoms with van der Waals surface area (Å²) in [6.45, 7) is 6.81. The lowest BCUT2D eigenvalue weighted by Crippen LogP contribution is -2.13. The summed E-state index contributed by atoms with van der Waals surface area (Å²) in [7, 11) is 0. The molecule has 0 atom stereocenters. The van der Waals surface area contributed by atoms with Gasteiger partial charge in [0.05, 0.1) is 4.47 Å². The molecular weight excluding hydrogens is 326 g/mol. The molecule has 0 bridgehead atoms. The topological polar surface area (TPSA) is 21.3 Å². The lowest BCUT2D eigenvalue weighted by Gasteiger charge is -2.11. The van der Waals surface area contributed by atoms with E-state index in [2.05, 4.69) is 59.4 Å². The molecule has 21 heavy (non-hydrogen) atoms. The largest absolute Gasteiger partial charge is 0.488 e. The average molecular weight is 348 g/mol. The lowest BCUT2D eigenvalue weighted by atomic mass is 10.1. The third-order valence-corrected chi connectivity index (χ3v) is 4.02. The number of hydrogen-bond acceptors (Lipinski definition) is 2. The van der Waals surface area contributed by atoms with E-state index >= 15 is 0 Å². The predicted octanol–water partition coefficient (Wildman–Crippen LogP) is 4.84. The van der Waals surface area contributed by atoms with Gasteiger partial charge in [-0.25, -0.2) is 0 Å². The second kappa shape index (κ2) is 8.20. The van der Waals surface area contributed by atoms with Crippen LogP contribution in [-0.4, -0.2) is 6.54 Å². The Balaban J connectivity index is 1.96. The summed E-state index contributed by atoms with van der Waals surface area (Å²) in [5, 5.41) is 3.40. The molecule has 2 aromatic rings. The highest BCUT2D eigenvalue weighted by atomic mass is 79.9. The van der Waals surface area contributed by atoms with Crippen molar-refractivity contribution in [3.63, 3.8) is 0 Å². The van der Waals surface area contributed by atoms with Gasteiger partial charge in [-0.3, -0.25) is 0 Å². The molecule has 1 N–H and O–H groups in total. The standard InChI is InChI=1S/C18H22BrNO/c1-3-10-20-12-15-8-9-18(17(19)11-15)21-13-16-7-5-4-6-14(16)2/h4-9,11,20H,3,10,12-13H2,1-2H3. The van der Waals surface area contributed by atoms with Gasteiger partial charge in [-0.05, 0) is 64.6 Å². The Morgan fingerprint density at radius 1 is 1.14 bits per heavy atom. The Hall–Kier alpha value is -1.32. The zero-order valence-corrected chi connectivity index (χ0v) is 14.2. The Morgan fingerprint density at radius 3 is 2.67 bits per heavy atom. The molecule has 0 saturated heterocycles. The molecule has 2 aromatic carbocycles. The summed E-state index contributed by atoms with van der Waals surface area (Å²) in [5.74, 6) is 0.887. The summed E-state index contributed by atoms with van der Waals surface area (Å²) >= 11 is 3.60. The van der Waals surface area contributed by atoms with Crippen molar-refractivity contribution in [3.05, 3.63) is 63.6 Å². The molecule has 0 amide bonds. The van der Waals surface area contributed by atoms with Crippen molar-refractivity contribution in [3.8, 4) is 5.75 Å². The molecule has 2 rings (SSSR count). The van der Waals surface area contributed by atoms with Gasteiger partial charge in [-0.15, -0.1) is 0 Å². The Kier molecular flexibility index (Phi) is 6.27. The summed E-state index contributed by atoms with van der Waals surface area (Å²) in [4.78, 5) is 0. The van der Waals surface area contributed by atoms with Crippen LogP contribution in [0.5, 0.6) is 5.75 Å². The van der Waals surface area contributed by atoms with Gasteiger partial charge in [0.25, 0.3) is 0 Å². The molecule has 0 saturated carbocycles. The number of aryl methyl sites for hydroxylation is 1. The number of halogens is 1. The van der Waals surface area contributed by atoms with Crippen molar-refractivity contribution >= 4 is 15.9 Å². The van der Waals surface area contributed by atoms with Crippen molar-refractivity contribution in [2.24, 2.45) is 0 Å². The van der Waals surface area contributed by atoms with Gasteiger partial charge in [0.2, 0.25) is 0 Å². The normalized spacial score (nSPS) is 10.6. The van der Waals surface area contributed by atoms with E-state index in [4.69, 9.17) is 4.74 Å². The molecule has 0 aliphatic rings. The molecule has 0 aromatic heterocycles. The van der Waals surface area contributed by atoms with Crippen LogP contribution in [0, 0.1) is 6.92 Å². The van der Waals surface area contributed by atoms with Crippen LogP contribution in [0.1, 0.15) is 30.0 Å². The second-order valence-corrected chi connectivity index (χ2v) is 6.01. The van der Waals surface area contributed by atoms with E-state index in [1.165, 1.54) is 16.7 Å². The highest BCUT2D eigenvalue weighted by molar-refractivity contribution is 9.10. The molecule has 0 aliphatic heterocycles. The molecular formula is C18H22BrNO. The van der Waals surface area contributed by atoms with Gasteiger partial charge in [0.1, 0.15) is 12.4 Å². The van der Waals surface area contributed by atoms with Crippen molar-refractivity contribution in [1.29, 1.82) is 0 Å². The summed E-state index contributed by atoms with van der Waals surface area (Å²) in [6, 6.07) is 14.6. The zero-order valence-electron chi connectivity index (χ0n) is 12.7. The van der Waals surface area contributed by atoms with Crippen LogP contribution in [0.3, 0.4) is 0 Å². The minimum absolute atomic E-state index is 0.596. The number of hydrogen-bond donors (Lipinski definition) is 1. The number of benzene rings is 2. The van der Waals surface area contributed by atoms with E-state index in [0.717, 1.165) is 29.7 Å². The Morgan fingerprint density at radius 2 is 1.95 bits per heavy atom. The molecule has 2 nitrogen and oxygen atoms in total. The van der Waals surface area contributed by atoms with Gasteiger partial charge in [-0.2, -0.15) is 0 Å². The van der Waals surface area contributed by atoms with Crippen molar-refractivity contribution < 1.29 is 4.74 Å². The van der Waals surface area contributed by atoms with Gasteiger partial charge in [0, 0.05) is 6.54 Å². The summed E-state index contributed by atoms with van der Waals surface area (Å²) < 4.78 is 6.92. The van der Waals surface area contributed by atoms with Crippen LogP contribution >= 0.6 is 15.9 Å². The Bertz CT molecular complexity index is 583. The van der Waals surface area contributed by atoms with Crippen molar-refractivity contribution in [2.45, 2.75) is 33.4 Å². The van der Waals surface area contributed by atoms with E-state index in [-0.39, 0.29) is 0 Å². The molecule has 112 valence electrons. The summed E-state index contributed by atoms with van der Waals surface area (Å²) in [5.41, 5.74) is 3.74. The maximum absolute atomic E-state index is 5.92. The van der Waals surface area contributed by atoms with E-state index in [1.807, 2.05) is 18.2 Å². The SMILES string of the molecule is CCCNCc1ccc(OCc2ccccc2C)c(Br)c1. The third-order valence-electron chi connectivity index (χ3n) is 3.40. The summed E-state index contributed by atoms with van der Waals surface area (Å²) in [6.07, 6.45) is 1.15. The molecule has 0 radical (unpaired) electrons.